The van der Waals surface area contributed by atoms with Gasteiger partial charge in [0.2, 0.25) is 11.8 Å². The Labute approximate surface area is 195 Å². The normalized spacial score (nSPS) is 15.0. The van der Waals surface area contributed by atoms with E-state index in [0.29, 0.717) is 42.6 Å². The molecule has 1 aromatic heterocycles. The highest BCUT2D eigenvalue weighted by molar-refractivity contribution is 5.87. The number of aliphatic imine (C=N–C) groups is 1. The lowest BCUT2D eigenvalue weighted by atomic mass is 10.1. The van der Waals surface area contributed by atoms with Crippen molar-refractivity contribution in [3.63, 3.8) is 0 Å². The topological polar surface area (TPSA) is 56.1 Å². The number of ether oxygens (including phenoxy) is 2. The second kappa shape index (κ2) is 9.25. The lowest BCUT2D eigenvalue weighted by molar-refractivity contribution is -0.131. The molecule has 2 aliphatic heterocycles. The number of rotatable bonds is 6. The number of aromatic nitrogens is 1. The third-order valence-corrected chi connectivity index (χ3v) is 5.64. The highest BCUT2D eigenvalue weighted by Crippen LogP contribution is 2.25. The van der Waals surface area contributed by atoms with Gasteiger partial charge in [-0.15, -0.1) is 5.73 Å². The molecule has 34 heavy (non-hydrogen) atoms. The number of fused-ring (bicyclic) bond motifs is 1. The highest BCUT2D eigenvalue weighted by atomic mass is 19.1. The maximum Gasteiger partial charge on any atom is 0.246 e. The minimum Gasteiger partial charge on any atom is -0.457 e. The number of amides is 1. The minimum atomic E-state index is -0.314. The summed E-state index contributed by atoms with van der Waals surface area (Å²) in [5.74, 6) is 1.82. The van der Waals surface area contributed by atoms with Gasteiger partial charge < -0.3 is 18.9 Å². The van der Waals surface area contributed by atoms with E-state index in [2.05, 4.69) is 21.9 Å². The van der Waals surface area contributed by atoms with Gasteiger partial charge in [0.25, 0.3) is 0 Å². The number of carbonyl (C=O) groups is 1. The number of likely N-dealkylation sites (tertiary alicyclic amines) is 1. The van der Waals surface area contributed by atoms with Gasteiger partial charge in [-0.3, -0.25) is 4.79 Å². The molecular weight excluding hydrogens is 433 g/mol. The van der Waals surface area contributed by atoms with Crippen LogP contribution in [0.5, 0.6) is 17.2 Å². The van der Waals surface area contributed by atoms with Crippen molar-refractivity contribution in [2.24, 2.45) is 4.99 Å². The first-order chi connectivity index (χ1) is 16.6. The van der Waals surface area contributed by atoms with E-state index in [9.17, 15) is 9.18 Å². The van der Waals surface area contributed by atoms with Gasteiger partial charge in [-0.05, 0) is 66.7 Å². The van der Waals surface area contributed by atoms with E-state index in [0.717, 1.165) is 10.6 Å². The van der Waals surface area contributed by atoms with Gasteiger partial charge in [0.15, 0.2) is 0 Å². The lowest BCUT2D eigenvalue weighted by Gasteiger charge is -2.39. The summed E-state index contributed by atoms with van der Waals surface area (Å²) < 4.78 is 27.1. The van der Waals surface area contributed by atoms with Gasteiger partial charge in [0, 0.05) is 37.1 Å². The average Bonchev–Trinajstić information content (AvgIpc) is 3.20. The Hall–Kier alpha value is -4.35. The maximum atomic E-state index is 13.1. The molecule has 7 heteroatoms. The zero-order chi connectivity index (χ0) is 23.5. The number of hydrogen-bond donors (Lipinski definition) is 0. The first kappa shape index (κ1) is 21.5. The fraction of sp³-hybridized carbons (Fsp3) is 0.148. The predicted molar refractivity (Wildman–Crippen MR) is 128 cm³/mol. The van der Waals surface area contributed by atoms with Crippen LogP contribution in [0.25, 0.3) is 11.6 Å². The van der Waals surface area contributed by atoms with Crippen LogP contribution in [0.2, 0.25) is 0 Å². The van der Waals surface area contributed by atoms with Crippen molar-refractivity contribution >= 4 is 23.7 Å². The van der Waals surface area contributed by atoms with Crippen molar-refractivity contribution in [3.8, 4) is 17.2 Å². The molecule has 0 atom stereocenters. The van der Waals surface area contributed by atoms with Crippen LogP contribution in [0.1, 0.15) is 12.5 Å². The molecule has 1 amide bonds. The Kier molecular flexibility index (Phi) is 5.85. The molecule has 0 saturated carbocycles. The molecule has 1 fully saturated rings. The first-order valence-electron chi connectivity index (χ1n) is 10.9. The molecule has 0 radical (unpaired) electrons. The van der Waals surface area contributed by atoms with Gasteiger partial charge in [0.05, 0.1) is 6.04 Å². The summed E-state index contributed by atoms with van der Waals surface area (Å²) >= 11 is 0. The average molecular weight is 455 g/mol. The zero-order valence-electron chi connectivity index (χ0n) is 18.4. The van der Waals surface area contributed by atoms with Crippen molar-refractivity contribution in [1.82, 2.24) is 9.47 Å². The lowest BCUT2D eigenvalue weighted by Crippen LogP contribution is -2.53. The predicted octanol–water partition coefficient (Wildman–Crippen LogP) is 3.54. The fourth-order valence-corrected chi connectivity index (χ4v) is 3.85. The molecule has 170 valence electrons. The summed E-state index contributed by atoms with van der Waals surface area (Å²) in [6.07, 6.45) is 7.67. The Morgan fingerprint density at radius 1 is 1.03 bits per heavy atom. The summed E-state index contributed by atoms with van der Waals surface area (Å²) in [4.78, 5) is 18.2. The molecule has 1 saturated heterocycles. The molecule has 3 aromatic rings. The highest BCUT2D eigenvalue weighted by Gasteiger charge is 2.31. The van der Waals surface area contributed by atoms with Crippen LogP contribution in [-0.4, -0.2) is 34.7 Å². The summed E-state index contributed by atoms with van der Waals surface area (Å²) in [5, 5.41) is 1.70. The number of hydrogen-bond acceptors (Lipinski definition) is 4. The fourth-order valence-electron chi connectivity index (χ4n) is 3.85. The van der Waals surface area contributed by atoms with Gasteiger partial charge in [-0.1, -0.05) is 6.58 Å². The Morgan fingerprint density at radius 2 is 1.68 bits per heavy atom. The standard InChI is InChI=1S/C27H22FN3O3/c1-2-25(32)30-17-21(18-30)31-16-14-19-5-3-4-15-29-27(26(19)31)34-24-12-10-23(11-13-24)33-22-8-6-20(28)7-9-22/h2-3,6-16,21H,1,4,17-18H2. The van der Waals surface area contributed by atoms with Crippen molar-refractivity contribution in [3.05, 3.63) is 95.9 Å². The molecule has 0 N–H and O–H groups in total. The van der Waals surface area contributed by atoms with Gasteiger partial charge in [-0.2, -0.15) is 0 Å². The van der Waals surface area contributed by atoms with E-state index in [1.165, 1.54) is 18.2 Å². The third kappa shape index (κ3) is 4.42. The van der Waals surface area contributed by atoms with E-state index >= 15 is 0 Å². The smallest absolute Gasteiger partial charge is 0.246 e. The van der Waals surface area contributed by atoms with E-state index in [1.807, 2.05) is 18.3 Å². The maximum absolute atomic E-state index is 13.1. The molecule has 2 aromatic carbocycles. The third-order valence-electron chi connectivity index (χ3n) is 5.64. The van der Waals surface area contributed by atoms with E-state index in [-0.39, 0.29) is 17.8 Å². The van der Waals surface area contributed by atoms with Crippen LogP contribution in [0.4, 0.5) is 4.39 Å². The van der Waals surface area contributed by atoms with Gasteiger partial charge in [-0.25, -0.2) is 9.38 Å². The molecule has 0 aliphatic carbocycles. The Balaban J connectivity index is 1.42. The van der Waals surface area contributed by atoms with Crippen LogP contribution in [0, 0.1) is 5.82 Å². The van der Waals surface area contributed by atoms with E-state index in [4.69, 9.17) is 9.47 Å². The number of allylic oxidation sites excluding steroid dienone is 1. The Morgan fingerprint density at radius 3 is 2.35 bits per heavy atom. The number of benzene rings is 2. The van der Waals surface area contributed by atoms with Crippen LogP contribution < -0.4 is 20.0 Å². The molecule has 2 aliphatic rings. The summed E-state index contributed by atoms with van der Waals surface area (Å²) in [6, 6.07) is 15.1. The van der Waals surface area contributed by atoms with Crippen LogP contribution in [0.15, 0.2) is 84.5 Å². The molecule has 6 nitrogen and oxygen atoms in total. The first-order valence-corrected chi connectivity index (χ1v) is 10.9. The Bertz CT molecular complexity index is 1410. The summed E-state index contributed by atoms with van der Waals surface area (Å²) in [5.41, 5.74) is 3.31. The summed E-state index contributed by atoms with van der Waals surface area (Å²) in [6.45, 7) is 4.76. The van der Waals surface area contributed by atoms with Crippen LogP contribution >= 0.6 is 0 Å². The van der Waals surface area contributed by atoms with Gasteiger partial charge in [0.1, 0.15) is 28.4 Å². The van der Waals surface area contributed by atoms with Crippen LogP contribution in [0.3, 0.4) is 0 Å². The minimum absolute atomic E-state index is 0.0702. The van der Waals surface area contributed by atoms with Gasteiger partial charge >= 0.3 is 0 Å². The molecule has 5 rings (SSSR count). The second-order valence-electron chi connectivity index (χ2n) is 7.92. The van der Waals surface area contributed by atoms with Crippen molar-refractivity contribution in [2.75, 3.05) is 13.1 Å². The van der Waals surface area contributed by atoms with E-state index in [1.54, 1.807) is 47.5 Å². The molecule has 0 unspecified atom stereocenters. The SMILES string of the molecule is C=CC(=O)N1CC(n2ccc3c2=C(Oc2ccc(Oc4ccc(F)cc4)cc2)N=CCC=C=3)C1. The molecular formula is C27H22FN3O3. The monoisotopic (exact) mass is 455 g/mol. The number of nitrogens with zero attached hydrogens (tertiary/aromatic N) is 3. The van der Waals surface area contributed by atoms with E-state index < -0.39 is 0 Å². The van der Waals surface area contributed by atoms with Crippen molar-refractivity contribution in [2.45, 2.75) is 12.5 Å². The number of carbonyl (C=O) groups excluding carboxylic acids is 1. The number of halogens is 1. The van der Waals surface area contributed by atoms with Crippen molar-refractivity contribution in [1.29, 1.82) is 0 Å². The summed E-state index contributed by atoms with van der Waals surface area (Å²) in [7, 11) is 0. The quantitative estimate of drug-likeness (QED) is 0.535. The molecule has 0 spiro atoms. The molecule has 3 heterocycles. The largest absolute Gasteiger partial charge is 0.457 e. The zero-order valence-corrected chi connectivity index (χ0v) is 18.4. The molecule has 0 bridgehead atoms. The second-order valence-corrected chi connectivity index (χ2v) is 7.92. The van der Waals surface area contributed by atoms with Crippen molar-refractivity contribution < 1.29 is 18.7 Å². The van der Waals surface area contributed by atoms with Crippen LogP contribution in [-0.2, 0) is 4.79 Å².